The van der Waals surface area contributed by atoms with Crippen molar-refractivity contribution in [1.82, 2.24) is 15.0 Å². The molecule has 0 amide bonds. The van der Waals surface area contributed by atoms with Gasteiger partial charge in [0.15, 0.2) is 11.6 Å². The molecule has 1 fully saturated rings. The Balaban J connectivity index is 1.92. The molecule has 1 aliphatic heterocycles. The van der Waals surface area contributed by atoms with E-state index in [1.165, 1.54) is 0 Å². The molecular weight excluding hydrogens is 276 g/mol. The van der Waals surface area contributed by atoms with Crippen LogP contribution in [0.2, 0.25) is 0 Å². The minimum absolute atomic E-state index is 0.0194. The molecule has 0 aliphatic carbocycles. The second-order valence-corrected chi connectivity index (χ2v) is 5.92. The van der Waals surface area contributed by atoms with Crippen LogP contribution in [0, 0.1) is 0 Å². The highest BCUT2D eigenvalue weighted by Crippen LogP contribution is 2.34. The molecule has 1 aromatic heterocycles. The Morgan fingerprint density at radius 3 is 3.15 bits per heavy atom. The van der Waals surface area contributed by atoms with Gasteiger partial charge in [-0.2, -0.15) is 16.7 Å². The zero-order valence-corrected chi connectivity index (χ0v) is 11.9. The smallest absolute Gasteiger partial charge is 0.261 e. The number of nitrogens with two attached hydrogens (primary N) is 1. The lowest BCUT2D eigenvalue weighted by Gasteiger charge is -2.29. The fourth-order valence-corrected chi connectivity index (χ4v) is 3.38. The van der Waals surface area contributed by atoms with E-state index in [1.807, 2.05) is 11.8 Å². The number of nitrogen functional groups attached to an aromatic ring is 1. The first-order valence-corrected chi connectivity index (χ1v) is 7.51. The fraction of sp³-hybridized carbons (Fsp3) is 0.385. The van der Waals surface area contributed by atoms with Crippen LogP contribution >= 0.6 is 11.8 Å². The SMILES string of the molecule is CN1CCSCC1c1noc(-c2cccc(N)c2O)n1. The van der Waals surface area contributed by atoms with Gasteiger partial charge in [-0.15, -0.1) is 0 Å². The van der Waals surface area contributed by atoms with Crippen molar-refractivity contribution in [3.8, 4) is 17.2 Å². The van der Waals surface area contributed by atoms with Gasteiger partial charge in [-0.05, 0) is 19.2 Å². The molecular formula is C13H16N4O2S. The Labute approximate surface area is 121 Å². The summed E-state index contributed by atoms with van der Waals surface area (Å²) in [6.45, 7) is 1.00. The number of phenols is 1. The predicted octanol–water partition coefficient (Wildman–Crippen LogP) is 1.74. The summed E-state index contributed by atoms with van der Waals surface area (Å²) in [6, 6.07) is 5.23. The minimum Gasteiger partial charge on any atom is -0.505 e. The summed E-state index contributed by atoms with van der Waals surface area (Å²) in [5.41, 5.74) is 6.44. The van der Waals surface area contributed by atoms with Crippen molar-refractivity contribution in [1.29, 1.82) is 0 Å². The number of phenolic OH excluding ortho intramolecular Hbond substituents is 1. The number of rotatable bonds is 2. The molecule has 106 valence electrons. The van der Waals surface area contributed by atoms with Gasteiger partial charge >= 0.3 is 0 Å². The van der Waals surface area contributed by atoms with E-state index >= 15 is 0 Å². The number of aromatic hydroxyl groups is 1. The summed E-state index contributed by atoms with van der Waals surface area (Å²) < 4.78 is 5.28. The van der Waals surface area contributed by atoms with E-state index in [1.54, 1.807) is 18.2 Å². The maximum absolute atomic E-state index is 9.96. The van der Waals surface area contributed by atoms with Gasteiger partial charge in [0.2, 0.25) is 0 Å². The topological polar surface area (TPSA) is 88.4 Å². The Morgan fingerprint density at radius 2 is 2.35 bits per heavy atom. The van der Waals surface area contributed by atoms with E-state index in [-0.39, 0.29) is 11.8 Å². The van der Waals surface area contributed by atoms with Crippen LogP contribution in [0.4, 0.5) is 5.69 Å². The van der Waals surface area contributed by atoms with E-state index in [0.717, 1.165) is 18.1 Å². The zero-order valence-electron chi connectivity index (χ0n) is 11.1. The number of nitrogens with zero attached hydrogens (tertiary/aromatic N) is 3. The molecule has 0 bridgehead atoms. The molecule has 0 spiro atoms. The minimum atomic E-state index is -0.0194. The van der Waals surface area contributed by atoms with Crippen LogP contribution < -0.4 is 5.73 Å². The van der Waals surface area contributed by atoms with E-state index in [9.17, 15) is 5.11 Å². The highest BCUT2D eigenvalue weighted by molar-refractivity contribution is 7.99. The van der Waals surface area contributed by atoms with Gasteiger partial charge in [0, 0.05) is 18.1 Å². The molecule has 0 saturated carbocycles. The van der Waals surface area contributed by atoms with Gasteiger partial charge in [-0.1, -0.05) is 11.2 Å². The summed E-state index contributed by atoms with van der Waals surface area (Å²) >= 11 is 1.88. The molecule has 2 aromatic rings. The molecule has 6 nitrogen and oxygen atoms in total. The summed E-state index contributed by atoms with van der Waals surface area (Å²) in [6.07, 6.45) is 0. The average molecular weight is 292 g/mol. The van der Waals surface area contributed by atoms with Gasteiger partial charge in [0.05, 0.1) is 17.3 Å². The molecule has 7 heteroatoms. The van der Waals surface area contributed by atoms with Gasteiger partial charge in [0.1, 0.15) is 0 Å². The first-order valence-electron chi connectivity index (χ1n) is 6.36. The van der Waals surface area contributed by atoms with Crippen LogP contribution in [0.5, 0.6) is 5.75 Å². The van der Waals surface area contributed by atoms with Gasteiger partial charge < -0.3 is 15.4 Å². The lowest BCUT2D eigenvalue weighted by molar-refractivity contribution is 0.257. The Kier molecular flexibility index (Phi) is 3.54. The van der Waals surface area contributed by atoms with E-state index in [2.05, 4.69) is 22.1 Å². The van der Waals surface area contributed by atoms with Crippen LogP contribution in [-0.2, 0) is 0 Å². The highest BCUT2D eigenvalue weighted by atomic mass is 32.2. The van der Waals surface area contributed by atoms with Crippen LogP contribution in [0.25, 0.3) is 11.5 Å². The molecule has 3 rings (SSSR count). The van der Waals surface area contributed by atoms with Crippen LogP contribution in [-0.4, -0.2) is 45.2 Å². The third kappa shape index (κ3) is 2.34. The highest BCUT2D eigenvalue weighted by Gasteiger charge is 2.26. The maximum Gasteiger partial charge on any atom is 0.261 e. The molecule has 20 heavy (non-hydrogen) atoms. The van der Waals surface area contributed by atoms with E-state index < -0.39 is 0 Å². The number of para-hydroxylation sites is 1. The van der Waals surface area contributed by atoms with E-state index in [4.69, 9.17) is 10.3 Å². The van der Waals surface area contributed by atoms with Crippen molar-refractivity contribution in [2.45, 2.75) is 6.04 Å². The molecule has 1 unspecified atom stereocenters. The lowest BCUT2D eigenvalue weighted by Crippen LogP contribution is -2.33. The summed E-state index contributed by atoms with van der Waals surface area (Å²) in [5.74, 6) is 2.99. The number of hydrogen-bond donors (Lipinski definition) is 2. The molecule has 1 atom stereocenters. The first-order chi connectivity index (χ1) is 9.66. The standard InChI is InChI=1S/C13H16N4O2S/c1-17-5-6-20-7-10(17)12-15-13(19-16-12)8-3-2-4-9(14)11(8)18/h2-4,10,18H,5-7,14H2,1H3. The van der Waals surface area contributed by atoms with E-state index in [0.29, 0.717) is 23.0 Å². The number of thioether (sulfide) groups is 1. The second kappa shape index (κ2) is 5.34. The Hall–Kier alpha value is -1.73. The molecule has 2 heterocycles. The van der Waals surface area contributed by atoms with Crippen molar-refractivity contribution >= 4 is 17.4 Å². The number of benzene rings is 1. The molecule has 1 aromatic carbocycles. The Bertz CT molecular complexity index is 616. The molecule has 3 N–H and O–H groups in total. The largest absolute Gasteiger partial charge is 0.505 e. The predicted molar refractivity (Wildman–Crippen MR) is 78.5 cm³/mol. The third-order valence-corrected chi connectivity index (χ3v) is 4.46. The van der Waals surface area contributed by atoms with Crippen LogP contribution in [0.1, 0.15) is 11.9 Å². The molecule has 0 radical (unpaired) electrons. The first kappa shape index (κ1) is 13.3. The quantitative estimate of drug-likeness (QED) is 0.644. The average Bonchev–Trinajstić information content (AvgIpc) is 2.92. The Morgan fingerprint density at radius 1 is 1.50 bits per heavy atom. The van der Waals surface area contributed by atoms with Crippen molar-refractivity contribution in [3.05, 3.63) is 24.0 Å². The second-order valence-electron chi connectivity index (χ2n) is 4.77. The summed E-state index contributed by atoms with van der Waals surface area (Å²) in [4.78, 5) is 6.62. The van der Waals surface area contributed by atoms with Crippen molar-refractivity contribution in [2.75, 3.05) is 30.8 Å². The third-order valence-electron chi connectivity index (χ3n) is 3.43. The number of hydrogen-bond acceptors (Lipinski definition) is 7. The van der Waals surface area contributed by atoms with Crippen molar-refractivity contribution in [2.24, 2.45) is 0 Å². The zero-order chi connectivity index (χ0) is 14.1. The molecule has 1 saturated heterocycles. The van der Waals surface area contributed by atoms with Crippen molar-refractivity contribution in [3.63, 3.8) is 0 Å². The number of anilines is 1. The van der Waals surface area contributed by atoms with Gasteiger partial charge in [-0.3, -0.25) is 4.90 Å². The summed E-state index contributed by atoms with van der Waals surface area (Å²) in [5, 5.41) is 14.0. The molecule has 1 aliphatic rings. The monoisotopic (exact) mass is 292 g/mol. The fourth-order valence-electron chi connectivity index (χ4n) is 2.17. The lowest BCUT2D eigenvalue weighted by atomic mass is 10.1. The normalized spacial score (nSPS) is 20.1. The maximum atomic E-state index is 9.96. The van der Waals surface area contributed by atoms with Crippen LogP contribution in [0.3, 0.4) is 0 Å². The van der Waals surface area contributed by atoms with Gasteiger partial charge in [-0.25, -0.2) is 0 Å². The van der Waals surface area contributed by atoms with Gasteiger partial charge in [0.25, 0.3) is 5.89 Å². The number of aromatic nitrogens is 2. The van der Waals surface area contributed by atoms with Crippen molar-refractivity contribution < 1.29 is 9.63 Å². The summed E-state index contributed by atoms with van der Waals surface area (Å²) in [7, 11) is 2.05. The van der Waals surface area contributed by atoms with Crippen LogP contribution in [0.15, 0.2) is 22.7 Å².